The van der Waals surface area contributed by atoms with E-state index in [1.807, 2.05) is 6.92 Å². The molecule has 146 valence electrons. The molecule has 0 spiro atoms. The molecular formula is C20H20BrN3O4. The molecule has 3 aromatic rings. The zero-order chi connectivity index (χ0) is 20.0. The highest BCUT2D eigenvalue weighted by Crippen LogP contribution is 2.40. The maximum Gasteiger partial charge on any atom is 0.264 e. The number of aliphatic hydroxyl groups is 1. The van der Waals surface area contributed by atoms with Gasteiger partial charge in [0.2, 0.25) is 5.89 Å². The number of halogens is 1. The van der Waals surface area contributed by atoms with Crippen molar-refractivity contribution in [3.05, 3.63) is 50.9 Å². The topological polar surface area (TPSA) is 101 Å². The summed E-state index contributed by atoms with van der Waals surface area (Å²) in [5.74, 6) is 1.72. The van der Waals surface area contributed by atoms with Crippen LogP contribution >= 0.6 is 15.9 Å². The molecule has 1 atom stereocenters. The molecule has 0 amide bonds. The lowest BCUT2D eigenvalue weighted by Gasteiger charge is -2.09. The molecule has 0 saturated heterocycles. The number of aromatic amines is 1. The lowest BCUT2D eigenvalue weighted by atomic mass is 9.97. The van der Waals surface area contributed by atoms with Gasteiger partial charge < -0.3 is 19.2 Å². The molecule has 1 aliphatic rings. The summed E-state index contributed by atoms with van der Waals surface area (Å²) in [6.45, 7) is 3.42. The van der Waals surface area contributed by atoms with Crippen LogP contribution in [0.1, 0.15) is 64.9 Å². The van der Waals surface area contributed by atoms with E-state index in [4.69, 9.17) is 9.15 Å². The Balaban J connectivity index is 1.78. The number of aliphatic hydroxyl groups excluding tert-OH is 1. The third kappa shape index (κ3) is 3.27. The molecule has 1 aromatic carbocycles. The van der Waals surface area contributed by atoms with E-state index < -0.39 is 6.10 Å². The van der Waals surface area contributed by atoms with Gasteiger partial charge in [0, 0.05) is 17.0 Å². The van der Waals surface area contributed by atoms with Gasteiger partial charge in [-0.25, -0.2) is 0 Å². The fourth-order valence-corrected chi connectivity index (χ4v) is 3.76. The number of ether oxygens (including phenoxy) is 1. The standard InChI is InChI=1S/C20H20BrN3O4/c1-9-15(18(26)12-6-7-14(27-3)13(21)8-12)17(10(2)25)22-16(9)20-24-23-19(28-20)11-4-5-11/h6-8,10-11,22,25H,4-5H2,1-3H3. The summed E-state index contributed by atoms with van der Waals surface area (Å²) in [7, 11) is 1.57. The molecule has 7 nitrogen and oxygen atoms in total. The summed E-state index contributed by atoms with van der Waals surface area (Å²) >= 11 is 3.41. The number of hydrogen-bond donors (Lipinski definition) is 2. The van der Waals surface area contributed by atoms with E-state index in [-0.39, 0.29) is 5.78 Å². The van der Waals surface area contributed by atoms with Crippen LogP contribution in [0.4, 0.5) is 0 Å². The number of rotatable bonds is 6. The minimum absolute atomic E-state index is 0.207. The minimum atomic E-state index is -0.862. The van der Waals surface area contributed by atoms with Gasteiger partial charge in [-0.2, -0.15) is 0 Å². The third-order valence-corrected chi connectivity index (χ3v) is 5.54. The first kappa shape index (κ1) is 18.9. The number of nitrogens with zero attached hydrogens (tertiary/aromatic N) is 2. The Hall–Kier alpha value is -2.45. The average Bonchev–Trinajstić information content (AvgIpc) is 3.30. The van der Waals surface area contributed by atoms with E-state index in [9.17, 15) is 9.90 Å². The van der Waals surface area contributed by atoms with Crippen LogP contribution < -0.4 is 4.74 Å². The molecule has 0 radical (unpaired) electrons. The highest BCUT2D eigenvalue weighted by atomic mass is 79.9. The quantitative estimate of drug-likeness (QED) is 0.548. The van der Waals surface area contributed by atoms with Crippen molar-refractivity contribution < 1.29 is 19.1 Å². The van der Waals surface area contributed by atoms with Crippen LogP contribution in [0.15, 0.2) is 27.1 Å². The van der Waals surface area contributed by atoms with Gasteiger partial charge in [-0.15, -0.1) is 10.2 Å². The van der Waals surface area contributed by atoms with Crippen molar-refractivity contribution in [3.63, 3.8) is 0 Å². The molecule has 1 aliphatic carbocycles. The molecule has 2 aromatic heterocycles. The van der Waals surface area contributed by atoms with Crippen molar-refractivity contribution in [3.8, 4) is 17.3 Å². The maximum atomic E-state index is 13.3. The SMILES string of the molecule is COc1ccc(C(=O)c2c(C(C)O)[nH]c(-c3nnc(C4CC4)o3)c2C)cc1Br. The van der Waals surface area contributed by atoms with E-state index in [0.29, 0.717) is 56.0 Å². The number of ketones is 1. The van der Waals surface area contributed by atoms with Gasteiger partial charge in [0.05, 0.1) is 23.4 Å². The third-order valence-electron chi connectivity index (χ3n) is 4.92. The Labute approximate surface area is 170 Å². The van der Waals surface area contributed by atoms with Gasteiger partial charge in [0.1, 0.15) is 11.4 Å². The molecule has 0 aliphatic heterocycles. The van der Waals surface area contributed by atoms with E-state index >= 15 is 0 Å². The number of hydrogen-bond acceptors (Lipinski definition) is 6. The first-order valence-corrected chi connectivity index (χ1v) is 9.82. The molecule has 2 heterocycles. The molecule has 4 rings (SSSR count). The molecule has 1 unspecified atom stereocenters. The molecule has 1 fully saturated rings. The van der Waals surface area contributed by atoms with Crippen LogP contribution in [-0.4, -0.2) is 33.2 Å². The molecule has 1 saturated carbocycles. The van der Waals surface area contributed by atoms with Crippen molar-refractivity contribution in [2.24, 2.45) is 0 Å². The van der Waals surface area contributed by atoms with Crippen LogP contribution in [0, 0.1) is 6.92 Å². The first-order valence-electron chi connectivity index (χ1n) is 9.03. The zero-order valence-corrected chi connectivity index (χ0v) is 17.3. The number of methoxy groups -OCH3 is 1. The lowest BCUT2D eigenvalue weighted by Crippen LogP contribution is -2.07. The van der Waals surface area contributed by atoms with Gasteiger partial charge in [0.15, 0.2) is 5.78 Å². The van der Waals surface area contributed by atoms with Crippen LogP contribution in [-0.2, 0) is 0 Å². The Morgan fingerprint density at radius 1 is 1.39 bits per heavy atom. The highest BCUT2D eigenvalue weighted by molar-refractivity contribution is 9.10. The highest BCUT2D eigenvalue weighted by Gasteiger charge is 2.31. The van der Waals surface area contributed by atoms with E-state index in [1.165, 1.54) is 0 Å². The van der Waals surface area contributed by atoms with Gasteiger partial charge in [-0.05, 0) is 66.4 Å². The zero-order valence-electron chi connectivity index (χ0n) is 15.7. The van der Waals surface area contributed by atoms with Crippen molar-refractivity contribution in [2.75, 3.05) is 7.11 Å². The molecule has 2 N–H and O–H groups in total. The predicted octanol–water partition coefficient (Wildman–Crippen LogP) is 4.31. The number of benzene rings is 1. The average molecular weight is 446 g/mol. The molecule has 0 bridgehead atoms. The first-order chi connectivity index (χ1) is 13.4. The summed E-state index contributed by atoms with van der Waals surface area (Å²) in [6.07, 6.45) is 1.25. The number of carbonyl (C=O) groups is 1. The molecule has 28 heavy (non-hydrogen) atoms. The maximum absolute atomic E-state index is 13.3. The van der Waals surface area contributed by atoms with Crippen molar-refractivity contribution >= 4 is 21.7 Å². The van der Waals surface area contributed by atoms with E-state index in [0.717, 1.165) is 12.8 Å². The molecular weight excluding hydrogens is 426 g/mol. The summed E-state index contributed by atoms with van der Waals surface area (Å²) in [5, 5.41) is 18.5. The Kier molecular flexibility index (Phi) is 4.84. The van der Waals surface area contributed by atoms with Crippen LogP contribution in [0.5, 0.6) is 5.75 Å². The Morgan fingerprint density at radius 3 is 2.75 bits per heavy atom. The van der Waals surface area contributed by atoms with Gasteiger partial charge >= 0.3 is 0 Å². The summed E-state index contributed by atoms with van der Waals surface area (Å²) < 4.78 is 11.7. The Morgan fingerprint density at radius 2 is 2.14 bits per heavy atom. The summed E-state index contributed by atoms with van der Waals surface area (Å²) in [5.41, 5.74) is 2.54. The van der Waals surface area contributed by atoms with Crippen LogP contribution in [0.3, 0.4) is 0 Å². The van der Waals surface area contributed by atoms with Gasteiger partial charge in [0.25, 0.3) is 5.89 Å². The fraction of sp³-hybridized carbons (Fsp3) is 0.350. The number of H-pyrrole nitrogens is 1. The van der Waals surface area contributed by atoms with Crippen molar-refractivity contribution in [1.29, 1.82) is 0 Å². The van der Waals surface area contributed by atoms with E-state index in [2.05, 4.69) is 31.1 Å². The lowest BCUT2D eigenvalue weighted by molar-refractivity contribution is 0.103. The van der Waals surface area contributed by atoms with Crippen LogP contribution in [0.25, 0.3) is 11.6 Å². The monoisotopic (exact) mass is 445 g/mol. The molecule has 8 heteroatoms. The van der Waals surface area contributed by atoms with E-state index in [1.54, 1.807) is 32.2 Å². The normalized spacial score (nSPS) is 14.9. The number of nitrogens with one attached hydrogen (secondary N) is 1. The van der Waals surface area contributed by atoms with Crippen molar-refractivity contribution in [1.82, 2.24) is 15.2 Å². The van der Waals surface area contributed by atoms with Gasteiger partial charge in [-0.1, -0.05) is 0 Å². The predicted molar refractivity (Wildman–Crippen MR) is 106 cm³/mol. The largest absolute Gasteiger partial charge is 0.496 e. The van der Waals surface area contributed by atoms with Crippen molar-refractivity contribution in [2.45, 2.75) is 38.7 Å². The Bertz CT molecular complexity index is 1050. The second-order valence-electron chi connectivity index (χ2n) is 6.99. The summed E-state index contributed by atoms with van der Waals surface area (Å²) in [4.78, 5) is 16.4. The number of aromatic nitrogens is 3. The minimum Gasteiger partial charge on any atom is -0.496 e. The second kappa shape index (κ2) is 7.18. The smallest absolute Gasteiger partial charge is 0.264 e. The summed E-state index contributed by atoms with van der Waals surface area (Å²) in [6, 6.07) is 5.13. The van der Waals surface area contributed by atoms with Crippen LogP contribution in [0.2, 0.25) is 0 Å². The van der Waals surface area contributed by atoms with Gasteiger partial charge in [-0.3, -0.25) is 4.79 Å². The number of carbonyl (C=O) groups excluding carboxylic acids is 1. The fourth-order valence-electron chi connectivity index (χ4n) is 3.22. The second-order valence-corrected chi connectivity index (χ2v) is 7.84.